The number of ether oxygens (including phenoxy) is 2. The second kappa shape index (κ2) is 14.6. The minimum absolute atomic E-state index is 0.0160. The van der Waals surface area contributed by atoms with Gasteiger partial charge in [0.2, 0.25) is 5.91 Å². The van der Waals surface area contributed by atoms with E-state index in [0.29, 0.717) is 30.3 Å². The van der Waals surface area contributed by atoms with Crippen LogP contribution < -0.4 is 16.0 Å². The maximum atomic E-state index is 14.0. The zero-order chi connectivity index (χ0) is 31.9. The molecule has 1 unspecified atom stereocenters. The number of hydrogen-bond donors (Lipinski definition) is 4. The zero-order valence-electron chi connectivity index (χ0n) is 25.5. The molecular weight excluding hydrogens is 600 g/mol. The second-order valence-electron chi connectivity index (χ2n) is 11.4. The number of carbonyl (C=O) groups is 2. The first-order valence-electron chi connectivity index (χ1n) is 15.5. The van der Waals surface area contributed by atoms with Crippen molar-refractivity contribution in [2.45, 2.75) is 36.9 Å². The Morgan fingerprint density at radius 2 is 1.63 bits per heavy atom. The normalized spacial score (nSPS) is 17.0. The van der Waals surface area contributed by atoms with Gasteiger partial charge in [0.05, 0.1) is 36.4 Å². The molecule has 3 atom stereocenters. The van der Waals surface area contributed by atoms with Gasteiger partial charge in [0.25, 0.3) is 0 Å². The largest absolute Gasteiger partial charge is 0.453 e. The molecule has 0 saturated carbocycles. The van der Waals surface area contributed by atoms with Crippen LogP contribution in [0.4, 0.5) is 10.5 Å². The minimum Gasteiger partial charge on any atom is -0.453 e. The molecule has 2 heterocycles. The Morgan fingerprint density at radius 3 is 2.28 bits per heavy atom. The number of aromatic amines is 1. The maximum absolute atomic E-state index is 14.0. The molecule has 4 N–H and O–H groups in total. The number of fused-ring (bicyclic) bond motifs is 1. The Balaban J connectivity index is 1.14. The number of aromatic nitrogens is 1. The van der Waals surface area contributed by atoms with E-state index in [1.807, 2.05) is 103 Å². The molecule has 0 spiro atoms. The predicted molar refractivity (Wildman–Crippen MR) is 181 cm³/mol. The van der Waals surface area contributed by atoms with Gasteiger partial charge in [-0.25, -0.2) is 4.79 Å². The second-order valence-corrected chi connectivity index (χ2v) is 11.8. The van der Waals surface area contributed by atoms with Gasteiger partial charge in [0.1, 0.15) is 6.04 Å². The molecular formula is C37H37ClN4O4. The van der Waals surface area contributed by atoms with Crippen molar-refractivity contribution in [3.8, 4) is 0 Å². The molecule has 6 rings (SSSR count). The van der Waals surface area contributed by atoms with E-state index in [4.69, 9.17) is 21.1 Å². The van der Waals surface area contributed by atoms with Crippen molar-refractivity contribution in [1.82, 2.24) is 15.6 Å². The van der Waals surface area contributed by atoms with Gasteiger partial charge in [-0.05, 0) is 47.7 Å². The number of aryl methyl sites for hydroxylation is 1. The van der Waals surface area contributed by atoms with Crippen LogP contribution in [0.1, 0.15) is 40.8 Å². The van der Waals surface area contributed by atoms with Gasteiger partial charge in [-0.15, -0.1) is 0 Å². The van der Waals surface area contributed by atoms with Crippen LogP contribution in [0.5, 0.6) is 0 Å². The Hall–Kier alpha value is -4.63. The van der Waals surface area contributed by atoms with Crippen LogP contribution in [-0.2, 0) is 20.7 Å². The average Bonchev–Trinajstić information content (AvgIpc) is 3.54. The van der Waals surface area contributed by atoms with E-state index in [0.717, 1.165) is 39.7 Å². The van der Waals surface area contributed by atoms with Gasteiger partial charge in [-0.3, -0.25) is 4.79 Å². The first-order chi connectivity index (χ1) is 22.5. The van der Waals surface area contributed by atoms with Crippen LogP contribution in [0.25, 0.3) is 10.9 Å². The molecule has 236 valence electrons. The number of nitrogens with one attached hydrogen (secondary N) is 4. The lowest BCUT2D eigenvalue weighted by Crippen LogP contribution is -2.48. The highest BCUT2D eigenvalue weighted by Gasteiger charge is 2.33. The van der Waals surface area contributed by atoms with E-state index < -0.39 is 18.1 Å². The van der Waals surface area contributed by atoms with Crippen molar-refractivity contribution in [3.05, 3.63) is 137 Å². The SMILES string of the molecule is COC(=O)NC(C(=O)Nc1ccccc1CC[C@@H]1CN[C@H](c2cc3cccc(Cl)c3[nH]2)CO1)C(c1ccccc1)c1ccccc1. The molecule has 1 aliphatic heterocycles. The van der Waals surface area contributed by atoms with Crippen molar-refractivity contribution in [2.75, 3.05) is 25.6 Å². The fraction of sp³-hybridized carbons (Fsp3) is 0.243. The van der Waals surface area contributed by atoms with E-state index in [1.165, 1.54) is 7.11 Å². The molecule has 0 bridgehead atoms. The number of amides is 2. The summed E-state index contributed by atoms with van der Waals surface area (Å²) in [6, 6.07) is 34.2. The van der Waals surface area contributed by atoms with E-state index in [1.54, 1.807) is 0 Å². The number of para-hydroxylation sites is 2. The van der Waals surface area contributed by atoms with Crippen LogP contribution in [-0.4, -0.2) is 49.4 Å². The summed E-state index contributed by atoms with van der Waals surface area (Å²) in [6.45, 7) is 1.23. The molecule has 1 aliphatic rings. The molecule has 46 heavy (non-hydrogen) atoms. The molecule has 2 amide bonds. The summed E-state index contributed by atoms with van der Waals surface area (Å²) in [5.74, 6) is -0.788. The Labute approximate surface area is 273 Å². The first-order valence-corrected chi connectivity index (χ1v) is 15.8. The van der Waals surface area contributed by atoms with Crippen molar-refractivity contribution in [3.63, 3.8) is 0 Å². The molecule has 8 nitrogen and oxygen atoms in total. The third-order valence-electron chi connectivity index (χ3n) is 8.49. The van der Waals surface area contributed by atoms with Crippen LogP contribution in [0.15, 0.2) is 109 Å². The minimum atomic E-state index is -0.937. The Morgan fingerprint density at radius 1 is 0.935 bits per heavy atom. The van der Waals surface area contributed by atoms with Crippen LogP contribution >= 0.6 is 11.6 Å². The summed E-state index contributed by atoms with van der Waals surface area (Å²) in [5, 5.41) is 11.3. The lowest BCUT2D eigenvalue weighted by Gasteiger charge is -2.30. The van der Waals surface area contributed by atoms with Crippen molar-refractivity contribution in [2.24, 2.45) is 0 Å². The Kier molecular flexibility index (Phi) is 9.98. The van der Waals surface area contributed by atoms with E-state index >= 15 is 0 Å². The van der Waals surface area contributed by atoms with Crippen LogP contribution in [0.2, 0.25) is 5.02 Å². The third kappa shape index (κ3) is 7.26. The van der Waals surface area contributed by atoms with Gasteiger partial charge < -0.3 is 30.4 Å². The number of methoxy groups -OCH3 is 1. The topological polar surface area (TPSA) is 104 Å². The van der Waals surface area contributed by atoms with E-state index in [-0.39, 0.29) is 18.1 Å². The highest BCUT2D eigenvalue weighted by molar-refractivity contribution is 6.35. The summed E-state index contributed by atoms with van der Waals surface area (Å²) in [5.41, 5.74) is 5.46. The van der Waals surface area contributed by atoms with Crippen molar-refractivity contribution >= 4 is 40.2 Å². The number of morpholine rings is 1. The summed E-state index contributed by atoms with van der Waals surface area (Å²) >= 11 is 6.36. The molecule has 9 heteroatoms. The van der Waals surface area contributed by atoms with Gasteiger partial charge in [-0.2, -0.15) is 0 Å². The monoisotopic (exact) mass is 636 g/mol. The molecule has 4 aromatic carbocycles. The lowest BCUT2D eigenvalue weighted by atomic mass is 9.84. The van der Waals surface area contributed by atoms with E-state index in [2.05, 4.69) is 27.0 Å². The quantitative estimate of drug-likeness (QED) is 0.132. The number of H-pyrrole nitrogens is 1. The standard InChI is InChI=1S/C37H37ClN4O4/c1-45-37(44)42-35(33(25-12-4-2-5-13-25)26-14-6-3-7-15-26)36(43)41-30-18-9-8-11-24(30)19-20-28-22-39-32(23-46-28)31-21-27-16-10-17-29(38)34(27)40-31/h2-18,21,28,32-33,35,39-40H,19-20,22-23H2,1H3,(H,41,43)(H,42,44)/t28-,32+,35?/m1/s1. The summed E-state index contributed by atoms with van der Waals surface area (Å²) in [7, 11) is 1.29. The smallest absolute Gasteiger partial charge is 0.407 e. The number of alkyl carbamates (subject to hydrolysis) is 1. The number of halogens is 1. The zero-order valence-corrected chi connectivity index (χ0v) is 26.3. The highest BCUT2D eigenvalue weighted by atomic mass is 35.5. The molecule has 1 fully saturated rings. The first kappa shape index (κ1) is 31.4. The number of carbonyl (C=O) groups excluding carboxylic acids is 2. The molecule has 5 aromatic rings. The van der Waals surface area contributed by atoms with E-state index in [9.17, 15) is 9.59 Å². The number of rotatable bonds is 10. The van der Waals surface area contributed by atoms with Gasteiger partial charge >= 0.3 is 6.09 Å². The van der Waals surface area contributed by atoms with Crippen LogP contribution in [0, 0.1) is 0 Å². The van der Waals surface area contributed by atoms with Gasteiger partial charge in [0.15, 0.2) is 0 Å². The Bertz CT molecular complexity index is 1730. The number of benzene rings is 4. The average molecular weight is 637 g/mol. The fourth-order valence-electron chi connectivity index (χ4n) is 6.11. The summed E-state index contributed by atoms with van der Waals surface area (Å²) < 4.78 is 11.2. The summed E-state index contributed by atoms with van der Waals surface area (Å²) in [6.07, 6.45) is 0.806. The fourth-order valence-corrected chi connectivity index (χ4v) is 6.34. The van der Waals surface area contributed by atoms with Crippen LogP contribution in [0.3, 0.4) is 0 Å². The maximum Gasteiger partial charge on any atom is 0.407 e. The summed E-state index contributed by atoms with van der Waals surface area (Å²) in [4.78, 5) is 30.0. The molecule has 1 saturated heterocycles. The highest BCUT2D eigenvalue weighted by Crippen LogP contribution is 2.31. The third-order valence-corrected chi connectivity index (χ3v) is 8.81. The molecule has 1 aromatic heterocycles. The van der Waals surface area contributed by atoms with Gasteiger partial charge in [0, 0.05) is 29.2 Å². The van der Waals surface area contributed by atoms with Crippen molar-refractivity contribution < 1.29 is 19.1 Å². The number of hydrogen-bond acceptors (Lipinski definition) is 5. The number of anilines is 1. The van der Waals surface area contributed by atoms with Gasteiger partial charge in [-0.1, -0.05) is 103 Å². The van der Waals surface area contributed by atoms with Crippen molar-refractivity contribution in [1.29, 1.82) is 0 Å². The predicted octanol–water partition coefficient (Wildman–Crippen LogP) is 6.98. The lowest BCUT2D eigenvalue weighted by molar-refractivity contribution is -0.118. The molecule has 0 radical (unpaired) electrons. The molecule has 0 aliphatic carbocycles.